The molecule has 0 saturated carbocycles. The Balaban J connectivity index is 2.14. The number of aromatic nitrogens is 2. The smallest absolute Gasteiger partial charge is 0.242 e. The number of benzene rings is 1. The third-order valence-corrected chi connectivity index (χ3v) is 6.63. The fourth-order valence-electron chi connectivity index (χ4n) is 3.00. The van der Waals surface area contributed by atoms with Gasteiger partial charge in [-0.2, -0.15) is 5.10 Å². The van der Waals surface area contributed by atoms with E-state index in [2.05, 4.69) is 25.9 Å². The summed E-state index contributed by atoms with van der Waals surface area (Å²) >= 11 is 0. The molecule has 1 aromatic heterocycles. The van der Waals surface area contributed by atoms with E-state index in [1.54, 1.807) is 19.2 Å². The first-order valence-corrected chi connectivity index (χ1v) is 10.2. The van der Waals surface area contributed by atoms with Crippen LogP contribution in [-0.2, 0) is 23.0 Å². The summed E-state index contributed by atoms with van der Waals surface area (Å²) in [4.78, 5) is 0.345. The number of likely N-dealkylation sites (N-methyl/N-ethyl adjacent to an activating group) is 1. The number of aryl methyl sites for hydroxylation is 2. The first kappa shape index (κ1) is 19.7. The van der Waals surface area contributed by atoms with Crippen LogP contribution in [0.4, 0.5) is 0 Å². The van der Waals surface area contributed by atoms with Crippen molar-refractivity contribution in [3.63, 3.8) is 0 Å². The molecule has 0 radical (unpaired) electrons. The Morgan fingerprint density at radius 2 is 1.76 bits per heavy atom. The number of sulfonamides is 1. The first-order valence-electron chi connectivity index (χ1n) is 8.77. The van der Waals surface area contributed by atoms with Gasteiger partial charge < -0.3 is 0 Å². The van der Waals surface area contributed by atoms with Gasteiger partial charge in [-0.3, -0.25) is 4.68 Å². The molecule has 0 amide bonds. The van der Waals surface area contributed by atoms with Crippen molar-refractivity contribution < 1.29 is 8.42 Å². The van der Waals surface area contributed by atoms with Crippen molar-refractivity contribution in [1.29, 1.82) is 0 Å². The Kier molecular flexibility index (Phi) is 6.06. The lowest BCUT2D eigenvalue weighted by Crippen LogP contribution is -2.29. The second-order valence-electron chi connectivity index (χ2n) is 6.77. The molecule has 0 aliphatic heterocycles. The normalized spacial score (nSPS) is 12.3. The minimum atomic E-state index is -3.47. The first-order chi connectivity index (χ1) is 11.7. The van der Waals surface area contributed by atoms with E-state index >= 15 is 0 Å². The Bertz CT molecular complexity index is 821. The van der Waals surface area contributed by atoms with Crippen molar-refractivity contribution >= 4 is 10.0 Å². The molecule has 0 atom stereocenters. The van der Waals surface area contributed by atoms with Gasteiger partial charge in [0.15, 0.2) is 0 Å². The predicted octanol–water partition coefficient (Wildman–Crippen LogP) is 3.51. The Hall–Kier alpha value is -1.66. The lowest BCUT2D eigenvalue weighted by atomic mass is 10.0. The molecule has 5 nitrogen and oxygen atoms in total. The Labute approximate surface area is 151 Å². The molecule has 1 aromatic carbocycles. The van der Waals surface area contributed by atoms with Crippen LogP contribution in [0.5, 0.6) is 0 Å². The maximum atomic E-state index is 12.8. The van der Waals surface area contributed by atoms with Gasteiger partial charge in [0.2, 0.25) is 10.0 Å². The van der Waals surface area contributed by atoms with Crippen LogP contribution in [0.3, 0.4) is 0 Å². The van der Waals surface area contributed by atoms with Gasteiger partial charge >= 0.3 is 0 Å². The van der Waals surface area contributed by atoms with Crippen LogP contribution >= 0.6 is 0 Å². The van der Waals surface area contributed by atoms with E-state index in [4.69, 9.17) is 0 Å². The van der Waals surface area contributed by atoms with E-state index in [9.17, 15) is 8.42 Å². The molecule has 2 aromatic rings. The van der Waals surface area contributed by atoms with Crippen LogP contribution in [0.15, 0.2) is 29.2 Å². The van der Waals surface area contributed by atoms with Gasteiger partial charge in [0, 0.05) is 25.8 Å². The summed E-state index contributed by atoms with van der Waals surface area (Å²) in [6, 6.07) is 7.19. The average molecular weight is 364 g/mol. The summed E-state index contributed by atoms with van der Waals surface area (Å²) in [6.07, 6.45) is 0.664. The van der Waals surface area contributed by atoms with Crippen LogP contribution in [0.1, 0.15) is 49.2 Å². The SMILES string of the molecule is CCn1nc(C)c(CCN(C)S(=O)(=O)c2ccc(C(C)C)cc2)c1C. The second kappa shape index (κ2) is 7.70. The van der Waals surface area contributed by atoms with Gasteiger partial charge in [0.25, 0.3) is 0 Å². The van der Waals surface area contributed by atoms with E-state index in [1.807, 2.05) is 30.7 Å². The molecule has 2 rings (SSSR count). The molecule has 0 N–H and O–H groups in total. The quantitative estimate of drug-likeness (QED) is 0.756. The van der Waals surface area contributed by atoms with Crippen molar-refractivity contribution in [3.05, 3.63) is 46.8 Å². The van der Waals surface area contributed by atoms with Gasteiger partial charge in [0.1, 0.15) is 0 Å². The van der Waals surface area contributed by atoms with Gasteiger partial charge in [-0.1, -0.05) is 26.0 Å². The molecule has 25 heavy (non-hydrogen) atoms. The lowest BCUT2D eigenvalue weighted by molar-refractivity contribution is 0.471. The van der Waals surface area contributed by atoms with E-state index in [1.165, 1.54) is 4.31 Å². The Morgan fingerprint density at radius 3 is 2.24 bits per heavy atom. The second-order valence-corrected chi connectivity index (χ2v) is 8.81. The molecule has 0 bridgehead atoms. The molecule has 0 aliphatic rings. The van der Waals surface area contributed by atoms with Gasteiger partial charge in [-0.15, -0.1) is 0 Å². The number of rotatable bonds is 7. The monoisotopic (exact) mass is 363 g/mol. The predicted molar refractivity (Wildman–Crippen MR) is 101 cm³/mol. The molecule has 0 fully saturated rings. The highest BCUT2D eigenvalue weighted by atomic mass is 32.2. The van der Waals surface area contributed by atoms with Gasteiger partial charge in [-0.05, 0) is 56.4 Å². The lowest BCUT2D eigenvalue weighted by Gasteiger charge is -2.18. The highest BCUT2D eigenvalue weighted by Gasteiger charge is 2.21. The van der Waals surface area contributed by atoms with Crippen molar-refractivity contribution in [2.45, 2.75) is 58.4 Å². The summed E-state index contributed by atoms with van der Waals surface area (Å²) < 4.78 is 28.9. The molecule has 6 heteroatoms. The Morgan fingerprint density at radius 1 is 1.16 bits per heavy atom. The standard InChI is InChI=1S/C19H29N3O2S/c1-7-22-16(5)19(15(4)20-22)12-13-21(6)25(23,24)18-10-8-17(9-11-18)14(2)3/h8-11,14H,7,12-13H2,1-6H3. The molecule has 0 spiro atoms. The summed E-state index contributed by atoms with van der Waals surface area (Å²) in [6.45, 7) is 11.5. The van der Waals surface area contributed by atoms with Crippen LogP contribution in [0, 0.1) is 13.8 Å². The molecule has 0 saturated heterocycles. The van der Waals surface area contributed by atoms with Crippen LogP contribution in [0.2, 0.25) is 0 Å². The zero-order chi connectivity index (χ0) is 18.8. The highest BCUT2D eigenvalue weighted by Crippen LogP contribution is 2.20. The number of hydrogen-bond acceptors (Lipinski definition) is 3. The van der Waals surface area contributed by atoms with Crippen molar-refractivity contribution in [2.75, 3.05) is 13.6 Å². The molecule has 0 aliphatic carbocycles. The van der Waals surface area contributed by atoms with Crippen LogP contribution in [-0.4, -0.2) is 36.1 Å². The van der Waals surface area contributed by atoms with E-state index in [0.29, 0.717) is 23.8 Å². The van der Waals surface area contributed by atoms with Crippen LogP contribution < -0.4 is 0 Å². The topological polar surface area (TPSA) is 55.2 Å². The summed E-state index contributed by atoms with van der Waals surface area (Å²) in [7, 11) is -1.83. The largest absolute Gasteiger partial charge is 0.270 e. The third kappa shape index (κ3) is 4.12. The van der Waals surface area contributed by atoms with E-state index in [-0.39, 0.29) is 0 Å². The average Bonchev–Trinajstić information content (AvgIpc) is 2.86. The minimum Gasteiger partial charge on any atom is -0.270 e. The summed E-state index contributed by atoms with van der Waals surface area (Å²) in [5, 5.41) is 4.50. The van der Waals surface area contributed by atoms with Crippen molar-refractivity contribution in [3.8, 4) is 0 Å². The molecular formula is C19H29N3O2S. The summed E-state index contributed by atoms with van der Waals surface area (Å²) in [5.74, 6) is 0.385. The zero-order valence-electron chi connectivity index (χ0n) is 16.1. The molecular weight excluding hydrogens is 334 g/mol. The highest BCUT2D eigenvalue weighted by molar-refractivity contribution is 7.89. The molecule has 0 unspecified atom stereocenters. The molecule has 138 valence electrons. The van der Waals surface area contributed by atoms with Crippen molar-refractivity contribution in [1.82, 2.24) is 14.1 Å². The third-order valence-electron chi connectivity index (χ3n) is 4.76. The van der Waals surface area contributed by atoms with Gasteiger partial charge in [0.05, 0.1) is 10.6 Å². The molecule has 1 heterocycles. The van der Waals surface area contributed by atoms with Gasteiger partial charge in [-0.25, -0.2) is 12.7 Å². The number of hydrogen-bond donors (Lipinski definition) is 0. The fourth-order valence-corrected chi connectivity index (χ4v) is 4.17. The maximum Gasteiger partial charge on any atom is 0.242 e. The zero-order valence-corrected chi connectivity index (χ0v) is 16.9. The fraction of sp³-hybridized carbons (Fsp3) is 0.526. The number of nitrogens with zero attached hydrogens (tertiary/aromatic N) is 3. The van der Waals surface area contributed by atoms with Crippen molar-refractivity contribution in [2.24, 2.45) is 0 Å². The van der Waals surface area contributed by atoms with E-state index < -0.39 is 10.0 Å². The summed E-state index contributed by atoms with van der Waals surface area (Å²) in [5.41, 5.74) is 4.37. The minimum absolute atomic E-state index is 0.345. The maximum absolute atomic E-state index is 12.8. The van der Waals surface area contributed by atoms with Crippen LogP contribution in [0.25, 0.3) is 0 Å². The van der Waals surface area contributed by atoms with E-state index in [0.717, 1.165) is 29.1 Å².